The number of phenolic OH excluding ortho intramolecular Hbond substituents is 2. The smallest absolute Gasteiger partial charge is 0.135 e. The van der Waals surface area contributed by atoms with Gasteiger partial charge < -0.3 is 19.7 Å². The van der Waals surface area contributed by atoms with Crippen LogP contribution in [0.5, 0.6) is 34.5 Å². The van der Waals surface area contributed by atoms with Gasteiger partial charge >= 0.3 is 0 Å². The number of hydrogen-bond acceptors (Lipinski definition) is 4. The van der Waals surface area contributed by atoms with Crippen molar-refractivity contribution in [2.75, 3.05) is 0 Å². The van der Waals surface area contributed by atoms with Crippen LogP contribution in [0.4, 0.5) is 0 Å². The van der Waals surface area contributed by atoms with E-state index in [9.17, 15) is 10.2 Å². The van der Waals surface area contributed by atoms with E-state index in [2.05, 4.69) is 36.4 Å². The van der Waals surface area contributed by atoms with E-state index in [1.807, 2.05) is 24.3 Å². The first-order chi connectivity index (χ1) is 23.4. The maximum atomic E-state index is 10.3. The van der Waals surface area contributed by atoms with Crippen LogP contribution in [0.25, 0.3) is 11.1 Å². The zero-order valence-electron chi connectivity index (χ0n) is 27.7. The van der Waals surface area contributed by atoms with Gasteiger partial charge in [-0.25, -0.2) is 0 Å². The van der Waals surface area contributed by atoms with Crippen molar-refractivity contribution in [3.8, 4) is 45.6 Å². The molecule has 0 aromatic heterocycles. The minimum Gasteiger partial charge on any atom is -0.508 e. The van der Waals surface area contributed by atoms with Crippen molar-refractivity contribution in [1.29, 1.82) is 0 Å². The summed E-state index contributed by atoms with van der Waals surface area (Å²) in [5, 5.41) is 20.6. The Kier molecular flexibility index (Phi) is 6.53. The molecule has 48 heavy (non-hydrogen) atoms. The lowest BCUT2D eigenvalue weighted by molar-refractivity contribution is -0.00536. The third-order valence-electron chi connectivity index (χ3n) is 13.6. The van der Waals surface area contributed by atoms with E-state index in [1.165, 1.54) is 88.2 Å². The lowest BCUT2D eigenvalue weighted by Gasteiger charge is -2.57. The molecule has 4 aromatic carbocycles. The van der Waals surface area contributed by atoms with Crippen LogP contribution in [0, 0.1) is 35.5 Å². The molecule has 0 aliphatic heterocycles. The van der Waals surface area contributed by atoms with Gasteiger partial charge in [-0.15, -0.1) is 0 Å². The number of hydrogen-bond donors (Lipinski definition) is 2. The van der Waals surface area contributed by atoms with Crippen molar-refractivity contribution in [2.45, 2.75) is 87.9 Å². The van der Waals surface area contributed by atoms with Gasteiger partial charge in [0.05, 0.1) is 0 Å². The third kappa shape index (κ3) is 4.92. The number of benzene rings is 4. The highest BCUT2D eigenvalue weighted by atomic mass is 16.5. The average Bonchev–Trinajstić information content (AvgIpc) is 3.04. The highest BCUT2D eigenvalue weighted by molar-refractivity contribution is 5.78. The first kappa shape index (κ1) is 29.0. The van der Waals surface area contributed by atoms with Gasteiger partial charge in [0.15, 0.2) is 0 Å². The molecule has 0 saturated heterocycles. The summed E-state index contributed by atoms with van der Waals surface area (Å²) in [6.07, 6.45) is 16.3. The maximum Gasteiger partial charge on any atom is 0.135 e. The Hall–Kier alpha value is -3.92. The summed E-state index contributed by atoms with van der Waals surface area (Å²) in [6, 6.07) is 28.2. The van der Waals surface area contributed by atoms with Crippen LogP contribution in [0.1, 0.15) is 88.2 Å². The van der Waals surface area contributed by atoms with Gasteiger partial charge in [-0.2, -0.15) is 0 Å². The first-order valence-electron chi connectivity index (χ1n) is 18.6. The topological polar surface area (TPSA) is 58.9 Å². The lowest BCUT2D eigenvalue weighted by atomic mass is 9.48. The van der Waals surface area contributed by atoms with Crippen LogP contribution < -0.4 is 9.47 Å². The van der Waals surface area contributed by atoms with Crippen LogP contribution in [0.3, 0.4) is 0 Å². The Morgan fingerprint density at radius 1 is 0.438 bits per heavy atom. The van der Waals surface area contributed by atoms with Crippen LogP contribution in [-0.4, -0.2) is 10.2 Å². The van der Waals surface area contributed by atoms with Crippen LogP contribution in [0.2, 0.25) is 0 Å². The highest BCUT2D eigenvalue weighted by Crippen LogP contribution is 2.63. The summed E-state index contributed by atoms with van der Waals surface area (Å²) in [5.41, 5.74) is 5.46. The van der Waals surface area contributed by atoms with Crippen LogP contribution >= 0.6 is 0 Å². The van der Waals surface area contributed by atoms with Crippen molar-refractivity contribution in [1.82, 2.24) is 0 Å². The van der Waals surface area contributed by atoms with E-state index in [-0.39, 0.29) is 22.3 Å². The fraction of sp³-hybridized carbons (Fsp3) is 0.455. The second kappa shape index (κ2) is 10.8. The zero-order chi connectivity index (χ0) is 32.0. The molecular weight excluding hydrogens is 592 g/mol. The van der Waals surface area contributed by atoms with Gasteiger partial charge in [-0.3, -0.25) is 0 Å². The van der Waals surface area contributed by atoms with Gasteiger partial charge in [0.25, 0.3) is 0 Å². The standard InChI is InChI=1S/C44H46O4/c45-35-3-1-5-37(19-35)47-41-9-7-33(43-21-27-11-28(22-43)13-29(12-27)23-43)17-39(41)40-18-34(8-10-42(40)48-38-6-2-4-36(46)20-38)44-24-30-14-31(25-44)16-32(15-30)26-44/h1-10,17-20,27-32,45-46H,11-16,21-26H2. The molecule has 4 heteroatoms. The van der Waals surface area contributed by atoms with Crippen molar-refractivity contribution in [3.05, 3.63) is 96.1 Å². The summed E-state index contributed by atoms with van der Waals surface area (Å²) < 4.78 is 13.4. The molecule has 4 nitrogen and oxygen atoms in total. The largest absolute Gasteiger partial charge is 0.508 e. The molecule has 8 aliphatic rings. The summed E-state index contributed by atoms with van der Waals surface area (Å²) in [7, 11) is 0. The van der Waals surface area contributed by atoms with Crippen LogP contribution in [-0.2, 0) is 10.8 Å². The van der Waals surface area contributed by atoms with Gasteiger partial charge in [0.1, 0.15) is 34.5 Å². The minimum absolute atomic E-state index is 0.191. The van der Waals surface area contributed by atoms with Gasteiger partial charge in [-0.1, -0.05) is 24.3 Å². The highest BCUT2D eigenvalue weighted by Gasteiger charge is 2.53. The molecule has 4 aromatic rings. The Morgan fingerprint density at radius 3 is 1.12 bits per heavy atom. The second-order valence-electron chi connectivity index (χ2n) is 17.0. The molecular formula is C44H46O4. The van der Waals surface area contributed by atoms with Crippen molar-refractivity contribution >= 4 is 0 Å². The molecule has 8 aliphatic carbocycles. The predicted octanol–water partition coefficient (Wildman–Crippen LogP) is 11.3. The molecule has 12 rings (SSSR count). The lowest BCUT2D eigenvalue weighted by Crippen LogP contribution is -2.48. The Labute approximate surface area is 284 Å². The van der Waals surface area contributed by atoms with Crippen molar-refractivity contribution in [3.63, 3.8) is 0 Å². The minimum atomic E-state index is 0.191. The number of aromatic hydroxyl groups is 2. The maximum absolute atomic E-state index is 10.3. The molecule has 8 saturated carbocycles. The normalized spacial score (nSPS) is 34.0. The van der Waals surface area contributed by atoms with E-state index < -0.39 is 0 Å². The molecule has 0 spiro atoms. The molecule has 0 amide bonds. The monoisotopic (exact) mass is 638 g/mol. The number of ether oxygens (including phenoxy) is 2. The molecule has 8 fully saturated rings. The molecule has 8 bridgehead atoms. The van der Waals surface area contributed by atoms with Gasteiger partial charge in [0.2, 0.25) is 0 Å². The fourth-order valence-electron chi connectivity index (χ4n) is 12.6. The van der Waals surface area contributed by atoms with Gasteiger partial charge in [0, 0.05) is 23.3 Å². The van der Waals surface area contributed by atoms with E-state index in [4.69, 9.17) is 9.47 Å². The molecule has 246 valence electrons. The fourth-order valence-corrected chi connectivity index (χ4v) is 12.6. The Balaban J connectivity index is 1.14. The number of phenols is 2. The quantitative estimate of drug-likeness (QED) is 0.211. The Bertz CT molecular complexity index is 1680. The second-order valence-corrected chi connectivity index (χ2v) is 17.0. The Morgan fingerprint density at radius 2 is 0.792 bits per heavy atom. The zero-order valence-corrected chi connectivity index (χ0v) is 27.7. The predicted molar refractivity (Wildman–Crippen MR) is 188 cm³/mol. The first-order valence-corrected chi connectivity index (χ1v) is 18.6. The molecule has 2 N–H and O–H groups in total. The van der Waals surface area contributed by atoms with Crippen molar-refractivity contribution in [2.24, 2.45) is 35.5 Å². The van der Waals surface area contributed by atoms with E-state index in [0.29, 0.717) is 11.5 Å². The van der Waals surface area contributed by atoms with Gasteiger partial charge in [-0.05, 0) is 183 Å². The summed E-state index contributed by atoms with van der Waals surface area (Å²) in [6.45, 7) is 0. The summed E-state index contributed by atoms with van der Waals surface area (Å²) >= 11 is 0. The van der Waals surface area contributed by atoms with Crippen molar-refractivity contribution < 1.29 is 19.7 Å². The average molecular weight is 639 g/mol. The van der Waals surface area contributed by atoms with E-state index in [1.54, 1.807) is 24.3 Å². The summed E-state index contributed by atoms with van der Waals surface area (Å²) in [5.74, 6) is 8.29. The number of rotatable bonds is 7. The van der Waals surface area contributed by atoms with E-state index >= 15 is 0 Å². The molecule has 0 atom stereocenters. The van der Waals surface area contributed by atoms with E-state index in [0.717, 1.165) is 58.1 Å². The third-order valence-corrected chi connectivity index (χ3v) is 13.6. The SMILES string of the molecule is Oc1cccc(Oc2ccc(C34CC5CC(CC(C5)C3)C4)cc2-c2cc(C34CC5CC(CC(C5)C3)C4)ccc2Oc2cccc(O)c2)c1. The molecule has 0 radical (unpaired) electrons. The molecule has 0 unspecified atom stereocenters. The summed E-state index contributed by atoms with van der Waals surface area (Å²) in [4.78, 5) is 0. The molecule has 0 heterocycles. The van der Waals surface area contributed by atoms with Crippen LogP contribution in [0.15, 0.2) is 84.9 Å².